The molecular formula is C16H22N2OS. The Hall–Kier alpha value is -1.44. The Balaban J connectivity index is 2.91. The molecule has 1 aromatic rings. The molecule has 0 radical (unpaired) electrons. The number of hydrogen-bond acceptors (Lipinski definition) is 3. The van der Waals surface area contributed by atoms with Gasteiger partial charge in [0.05, 0.1) is 12.1 Å². The van der Waals surface area contributed by atoms with Crippen LogP contribution < -0.4 is 5.73 Å². The van der Waals surface area contributed by atoms with Gasteiger partial charge in [0.25, 0.3) is 5.91 Å². The van der Waals surface area contributed by atoms with E-state index in [1.54, 1.807) is 16.7 Å². The molecule has 1 rings (SSSR count). The summed E-state index contributed by atoms with van der Waals surface area (Å²) in [5, 5.41) is 0. The molecule has 108 valence electrons. The van der Waals surface area contributed by atoms with Crippen LogP contribution in [-0.4, -0.2) is 42.4 Å². The first-order valence-electron chi connectivity index (χ1n) is 6.65. The maximum Gasteiger partial charge on any atom is 0.255 e. The van der Waals surface area contributed by atoms with Crippen molar-refractivity contribution in [1.29, 1.82) is 0 Å². The number of carbonyl (C=O) groups excluding carboxylic acids is 1. The van der Waals surface area contributed by atoms with Crippen molar-refractivity contribution >= 4 is 17.7 Å². The molecule has 1 atom stereocenters. The summed E-state index contributed by atoms with van der Waals surface area (Å²) in [6, 6.07) is 7.64. The van der Waals surface area contributed by atoms with Crippen LogP contribution in [0.25, 0.3) is 0 Å². The minimum Gasteiger partial charge on any atom is -0.339 e. The summed E-state index contributed by atoms with van der Waals surface area (Å²) in [6.45, 7) is 2.37. The molecule has 4 heteroatoms. The molecule has 0 aromatic heterocycles. The summed E-state index contributed by atoms with van der Waals surface area (Å²) in [5.41, 5.74) is 6.78. The van der Waals surface area contributed by atoms with E-state index < -0.39 is 0 Å². The summed E-state index contributed by atoms with van der Waals surface area (Å²) in [7, 11) is 1.85. The van der Waals surface area contributed by atoms with Crippen molar-refractivity contribution in [2.24, 2.45) is 5.73 Å². The Morgan fingerprint density at radius 2 is 2.15 bits per heavy atom. The molecule has 0 aliphatic heterocycles. The van der Waals surface area contributed by atoms with E-state index in [0.29, 0.717) is 12.1 Å². The summed E-state index contributed by atoms with van der Waals surface area (Å²) in [4.78, 5) is 14.3. The summed E-state index contributed by atoms with van der Waals surface area (Å²) >= 11 is 1.79. The molecule has 1 amide bonds. The number of thioether (sulfide) groups is 1. The topological polar surface area (TPSA) is 46.3 Å². The molecule has 2 N–H and O–H groups in total. The zero-order chi connectivity index (χ0) is 15.0. The standard InChI is InChI=1S/C16H22N2OS/c1-13(10-12-20-3)18(2)16(19)15-9-5-4-7-14(15)8-6-11-17/h4-5,7,9,13H,10-12,17H2,1-3H3. The number of nitrogens with zero attached hydrogens (tertiary/aromatic N) is 1. The third kappa shape index (κ3) is 4.59. The van der Waals surface area contributed by atoms with E-state index in [9.17, 15) is 4.79 Å². The van der Waals surface area contributed by atoms with Crippen LogP contribution in [-0.2, 0) is 0 Å². The second-order valence-electron chi connectivity index (χ2n) is 4.60. The van der Waals surface area contributed by atoms with E-state index in [1.807, 2.05) is 31.3 Å². The lowest BCUT2D eigenvalue weighted by molar-refractivity contribution is 0.0741. The first-order chi connectivity index (χ1) is 9.61. The molecule has 0 aliphatic rings. The highest BCUT2D eigenvalue weighted by atomic mass is 32.2. The first kappa shape index (κ1) is 16.6. The average Bonchev–Trinajstić information content (AvgIpc) is 2.49. The first-order valence-corrected chi connectivity index (χ1v) is 8.05. The van der Waals surface area contributed by atoms with Gasteiger partial charge in [-0.2, -0.15) is 11.8 Å². The van der Waals surface area contributed by atoms with E-state index >= 15 is 0 Å². The Kier molecular flexibility index (Phi) is 7.21. The summed E-state index contributed by atoms with van der Waals surface area (Å²) in [5.74, 6) is 6.83. The predicted molar refractivity (Wildman–Crippen MR) is 86.9 cm³/mol. The number of nitrogens with two attached hydrogens (primary N) is 1. The molecule has 0 saturated heterocycles. The van der Waals surface area contributed by atoms with E-state index in [1.165, 1.54) is 0 Å². The van der Waals surface area contributed by atoms with Crippen molar-refractivity contribution in [1.82, 2.24) is 4.90 Å². The molecule has 20 heavy (non-hydrogen) atoms. The lowest BCUT2D eigenvalue weighted by Gasteiger charge is -2.25. The highest BCUT2D eigenvalue weighted by molar-refractivity contribution is 7.98. The van der Waals surface area contributed by atoms with Gasteiger partial charge >= 0.3 is 0 Å². The van der Waals surface area contributed by atoms with Gasteiger partial charge in [-0.25, -0.2) is 0 Å². The van der Waals surface area contributed by atoms with Crippen molar-refractivity contribution in [3.05, 3.63) is 35.4 Å². The molecular weight excluding hydrogens is 268 g/mol. The van der Waals surface area contributed by atoms with Crippen LogP contribution in [0.2, 0.25) is 0 Å². The van der Waals surface area contributed by atoms with Gasteiger partial charge in [-0.15, -0.1) is 0 Å². The lowest BCUT2D eigenvalue weighted by atomic mass is 10.1. The van der Waals surface area contributed by atoms with Gasteiger partial charge in [-0.05, 0) is 37.5 Å². The second kappa shape index (κ2) is 8.68. The SMILES string of the molecule is CSCCC(C)N(C)C(=O)c1ccccc1C#CCN. The average molecular weight is 290 g/mol. The Bertz CT molecular complexity index is 505. The Morgan fingerprint density at radius 1 is 1.45 bits per heavy atom. The van der Waals surface area contributed by atoms with Crippen molar-refractivity contribution < 1.29 is 4.79 Å². The van der Waals surface area contributed by atoms with Gasteiger partial charge in [0.1, 0.15) is 0 Å². The van der Waals surface area contributed by atoms with E-state index in [0.717, 1.165) is 17.7 Å². The normalized spacial score (nSPS) is 11.4. The molecule has 0 heterocycles. The van der Waals surface area contributed by atoms with Gasteiger partial charge in [0, 0.05) is 18.7 Å². The third-order valence-electron chi connectivity index (χ3n) is 3.20. The number of hydrogen-bond donors (Lipinski definition) is 1. The zero-order valence-corrected chi connectivity index (χ0v) is 13.2. The van der Waals surface area contributed by atoms with Crippen molar-refractivity contribution in [3.63, 3.8) is 0 Å². The molecule has 1 aromatic carbocycles. The summed E-state index contributed by atoms with van der Waals surface area (Å²) < 4.78 is 0. The molecule has 1 unspecified atom stereocenters. The quantitative estimate of drug-likeness (QED) is 0.846. The number of carbonyl (C=O) groups is 1. The fourth-order valence-corrected chi connectivity index (χ4v) is 2.37. The third-order valence-corrected chi connectivity index (χ3v) is 3.85. The maximum atomic E-state index is 12.6. The molecule has 0 spiro atoms. The fraction of sp³-hybridized carbons (Fsp3) is 0.438. The van der Waals surface area contributed by atoms with Gasteiger partial charge in [-0.3, -0.25) is 4.79 Å². The largest absolute Gasteiger partial charge is 0.339 e. The lowest BCUT2D eigenvalue weighted by Crippen LogP contribution is -2.35. The van der Waals surface area contributed by atoms with Crippen molar-refractivity contribution in [2.75, 3.05) is 25.6 Å². The number of rotatable bonds is 5. The second-order valence-corrected chi connectivity index (χ2v) is 5.58. The highest BCUT2D eigenvalue weighted by Gasteiger charge is 2.19. The molecule has 0 saturated carbocycles. The van der Waals surface area contributed by atoms with Crippen molar-refractivity contribution in [2.45, 2.75) is 19.4 Å². The monoisotopic (exact) mass is 290 g/mol. The smallest absolute Gasteiger partial charge is 0.255 e. The molecule has 0 aliphatic carbocycles. The Morgan fingerprint density at radius 3 is 2.80 bits per heavy atom. The van der Waals surface area contributed by atoms with Crippen LogP contribution in [0.5, 0.6) is 0 Å². The van der Waals surface area contributed by atoms with Crippen LogP contribution in [0.3, 0.4) is 0 Å². The van der Waals surface area contributed by atoms with Gasteiger partial charge in [0.2, 0.25) is 0 Å². The van der Waals surface area contributed by atoms with Crippen LogP contribution in [0.15, 0.2) is 24.3 Å². The summed E-state index contributed by atoms with van der Waals surface area (Å²) in [6.07, 6.45) is 3.06. The number of benzene rings is 1. The molecule has 0 fully saturated rings. The van der Waals surface area contributed by atoms with E-state index in [-0.39, 0.29) is 11.9 Å². The minimum atomic E-state index is 0.0144. The van der Waals surface area contributed by atoms with Crippen LogP contribution in [0.1, 0.15) is 29.3 Å². The van der Waals surface area contributed by atoms with E-state index in [2.05, 4.69) is 25.0 Å². The fourth-order valence-electron chi connectivity index (χ4n) is 1.80. The zero-order valence-electron chi connectivity index (χ0n) is 12.3. The number of amides is 1. The minimum absolute atomic E-state index is 0.0144. The highest BCUT2D eigenvalue weighted by Crippen LogP contribution is 2.14. The van der Waals surface area contributed by atoms with Gasteiger partial charge in [-0.1, -0.05) is 24.0 Å². The van der Waals surface area contributed by atoms with Gasteiger partial charge in [0.15, 0.2) is 0 Å². The van der Waals surface area contributed by atoms with Crippen LogP contribution >= 0.6 is 11.8 Å². The van der Waals surface area contributed by atoms with E-state index in [4.69, 9.17) is 5.73 Å². The predicted octanol–water partition coefficient (Wildman–Crippen LogP) is 2.21. The Labute approximate surface area is 125 Å². The van der Waals surface area contributed by atoms with Crippen LogP contribution in [0.4, 0.5) is 0 Å². The molecule has 0 bridgehead atoms. The maximum absolute atomic E-state index is 12.6. The molecule has 3 nitrogen and oxygen atoms in total. The van der Waals surface area contributed by atoms with Crippen molar-refractivity contribution in [3.8, 4) is 11.8 Å². The van der Waals surface area contributed by atoms with Crippen LogP contribution in [0, 0.1) is 11.8 Å². The van der Waals surface area contributed by atoms with Gasteiger partial charge < -0.3 is 10.6 Å².